The van der Waals surface area contributed by atoms with E-state index in [1.165, 1.54) is 38.5 Å². The standard InChI is InChI=1S/C12H24O/c1-4-7-8-9-10-11-12(5-2)13-6-3/h6,12H,3-5,7-11H2,1-2H3. The van der Waals surface area contributed by atoms with Gasteiger partial charge in [-0.2, -0.15) is 0 Å². The highest BCUT2D eigenvalue weighted by Gasteiger charge is 2.03. The van der Waals surface area contributed by atoms with Crippen molar-refractivity contribution in [1.29, 1.82) is 0 Å². The van der Waals surface area contributed by atoms with Gasteiger partial charge in [-0.05, 0) is 19.3 Å². The van der Waals surface area contributed by atoms with E-state index in [1.54, 1.807) is 6.26 Å². The molecule has 0 amide bonds. The van der Waals surface area contributed by atoms with Gasteiger partial charge < -0.3 is 4.74 Å². The number of rotatable bonds is 9. The van der Waals surface area contributed by atoms with Gasteiger partial charge in [0.25, 0.3) is 0 Å². The van der Waals surface area contributed by atoms with E-state index in [2.05, 4.69) is 20.4 Å². The van der Waals surface area contributed by atoms with Crippen molar-refractivity contribution in [3.8, 4) is 0 Å². The Morgan fingerprint density at radius 3 is 2.38 bits per heavy atom. The highest BCUT2D eigenvalue weighted by molar-refractivity contribution is 4.61. The Balaban J connectivity index is 3.22. The van der Waals surface area contributed by atoms with E-state index in [-0.39, 0.29) is 0 Å². The van der Waals surface area contributed by atoms with Crippen LogP contribution in [-0.4, -0.2) is 6.10 Å². The molecule has 1 nitrogen and oxygen atoms in total. The molecule has 0 aliphatic rings. The summed E-state index contributed by atoms with van der Waals surface area (Å²) in [5, 5.41) is 0. The number of unbranched alkanes of at least 4 members (excludes halogenated alkanes) is 4. The Morgan fingerprint density at radius 2 is 1.85 bits per heavy atom. The molecular weight excluding hydrogens is 160 g/mol. The van der Waals surface area contributed by atoms with Crippen LogP contribution in [0.25, 0.3) is 0 Å². The quantitative estimate of drug-likeness (QED) is 0.384. The van der Waals surface area contributed by atoms with Gasteiger partial charge in [0, 0.05) is 0 Å². The smallest absolute Gasteiger partial charge is 0.0975 e. The molecule has 1 atom stereocenters. The fourth-order valence-electron chi connectivity index (χ4n) is 1.48. The van der Waals surface area contributed by atoms with Crippen molar-refractivity contribution in [2.24, 2.45) is 0 Å². The van der Waals surface area contributed by atoms with E-state index >= 15 is 0 Å². The molecule has 1 heteroatoms. The molecule has 0 fully saturated rings. The molecule has 0 N–H and O–H groups in total. The molecule has 0 aromatic rings. The minimum atomic E-state index is 0.402. The van der Waals surface area contributed by atoms with Crippen LogP contribution in [0, 0.1) is 0 Å². The van der Waals surface area contributed by atoms with Crippen LogP contribution in [-0.2, 0) is 4.74 Å². The Labute approximate surface area is 83.2 Å². The summed E-state index contributed by atoms with van der Waals surface area (Å²) in [4.78, 5) is 0. The van der Waals surface area contributed by atoms with Crippen molar-refractivity contribution in [3.63, 3.8) is 0 Å². The van der Waals surface area contributed by atoms with Gasteiger partial charge in [-0.3, -0.25) is 0 Å². The van der Waals surface area contributed by atoms with Gasteiger partial charge in [-0.1, -0.05) is 46.1 Å². The highest BCUT2D eigenvalue weighted by atomic mass is 16.5. The molecule has 0 saturated carbocycles. The maximum atomic E-state index is 5.36. The second-order valence-corrected chi connectivity index (χ2v) is 3.54. The minimum absolute atomic E-state index is 0.402. The number of hydrogen-bond acceptors (Lipinski definition) is 1. The normalized spacial score (nSPS) is 12.5. The first-order valence-corrected chi connectivity index (χ1v) is 5.61. The molecule has 0 aliphatic carbocycles. The van der Waals surface area contributed by atoms with Gasteiger partial charge >= 0.3 is 0 Å². The Hall–Kier alpha value is -0.460. The van der Waals surface area contributed by atoms with E-state index in [0.717, 1.165) is 6.42 Å². The zero-order valence-corrected chi connectivity index (χ0v) is 9.22. The van der Waals surface area contributed by atoms with Gasteiger partial charge in [0.1, 0.15) is 0 Å². The summed E-state index contributed by atoms with van der Waals surface area (Å²) in [7, 11) is 0. The van der Waals surface area contributed by atoms with E-state index in [4.69, 9.17) is 4.74 Å². The van der Waals surface area contributed by atoms with Crippen molar-refractivity contribution >= 4 is 0 Å². The van der Waals surface area contributed by atoms with Crippen molar-refractivity contribution in [3.05, 3.63) is 12.8 Å². The summed E-state index contributed by atoms with van der Waals surface area (Å²) >= 11 is 0. The van der Waals surface area contributed by atoms with Crippen LogP contribution in [0.5, 0.6) is 0 Å². The number of ether oxygens (including phenoxy) is 1. The summed E-state index contributed by atoms with van der Waals surface area (Å²) in [6.07, 6.45) is 11.0. The second kappa shape index (κ2) is 9.63. The van der Waals surface area contributed by atoms with Gasteiger partial charge in [0.2, 0.25) is 0 Å². The van der Waals surface area contributed by atoms with E-state index < -0.39 is 0 Å². The first-order chi connectivity index (χ1) is 6.35. The average molecular weight is 184 g/mol. The lowest BCUT2D eigenvalue weighted by atomic mass is 10.1. The van der Waals surface area contributed by atoms with Crippen molar-refractivity contribution in [1.82, 2.24) is 0 Å². The Kier molecular flexibility index (Phi) is 9.29. The SMILES string of the molecule is C=COC(CC)CCCCCCC. The summed E-state index contributed by atoms with van der Waals surface area (Å²) in [6, 6.07) is 0. The van der Waals surface area contributed by atoms with Gasteiger partial charge in [0.15, 0.2) is 0 Å². The van der Waals surface area contributed by atoms with Crippen LogP contribution in [0.4, 0.5) is 0 Å². The predicted octanol–water partition coefficient (Wildman–Crippen LogP) is 4.29. The fourth-order valence-corrected chi connectivity index (χ4v) is 1.48. The Bertz CT molecular complexity index is 110. The molecule has 78 valence electrons. The Morgan fingerprint density at radius 1 is 1.15 bits per heavy atom. The van der Waals surface area contributed by atoms with Crippen LogP contribution < -0.4 is 0 Å². The lowest BCUT2D eigenvalue weighted by molar-refractivity contribution is 0.129. The van der Waals surface area contributed by atoms with Crippen LogP contribution in [0.2, 0.25) is 0 Å². The van der Waals surface area contributed by atoms with Crippen LogP contribution in [0.1, 0.15) is 58.8 Å². The van der Waals surface area contributed by atoms with Crippen LogP contribution in [0.3, 0.4) is 0 Å². The molecule has 0 heterocycles. The zero-order chi connectivity index (χ0) is 9.94. The van der Waals surface area contributed by atoms with Gasteiger partial charge in [-0.15, -0.1) is 0 Å². The average Bonchev–Trinajstić information content (AvgIpc) is 2.16. The van der Waals surface area contributed by atoms with Crippen molar-refractivity contribution < 1.29 is 4.74 Å². The summed E-state index contributed by atoms with van der Waals surface area (Å²) in [5.41, 5.74) is 0. The van der Waals surface area contributed by atoms with E-state index in [1.807, 2.05) is 0 Å². The topological polar surface area (TPSA) is 9.23 Å². The largest absolute Gasteiger partial charge is 0.499 e. The lowest BCUT2D eigenvalue weighted by Crippen LogP contribution is -2.07. The highest BCUT2D eigenvalue weighted by Crippen LogP contribution is 2.11. The summed E-state index contributed by atoms with van der Waals surface area (Å²) in [5.74, 6) is 0. The third kappa shape index (κ3) is 7.89. The third-order valence-corrected chi connectivity index (χ3v) is 2.37. The van der Waals surface area contributed by atoms with Crippen LogP contribution >= 0.6 is 0 Å². The fraction of sp³-hybridized carbons (Fsp3) is 0.833. The molecule has 0 aliphatic heterocycles. The van der Waals surface area contributed by atoms with Crippen molar-refractivity contribution in [2.75, 3.05) is 0 Å². The minimum Gasteiger partial charge on any atom is -0.499 e. The molecule has 0 aromatic heterocycles. The number of hydrogen-bond donors (Lipinski definition) is 0. The molecule has 1 unspecified atom stereocenters. The van der Waals surface area contributed by atoms with Crippen molar-refractivity contribution in [2.45, 2.75) is 64.9 Å². The molecule has 13 heavy (non-hydrogen) atoms. The molecule has 0 rings (SSSR count). The summed E-state index contributed by atoms with van der Waals surface area (Å²) < 4.78 is 5.36. The van der Waals surface area contributed by atoms with E-state index in [0.29, 0.717) is 6.10 Å². The van der Waals surface area contributed by atoms with Crippen LogP contribution in [0.15, 0.2) is 12.8 Å². The predicted molar refractivity (Wildman–Crippen MR) is 58.7 cm³/mol. The molecule has 0 aromatic carbocycles. The molecule has 0 saturated heterocycles. The molecular formula is C12H24O. The third-order valence-electron chi connectivity index (χ3n) is 2.37. The maximum absolute atomic E-state index is 5.36. The first kappa shape index (κ1) is 12.5. The second-order valence-electron chi connectivity index (χ2n) is 3.54. The lowest BCUT2D eigenvalue weighted by Gasteiger charge is -2.13. The van der Waals surface area contributed by atoms with Gasteiger partial charge in [-0.25, -0.2) is 0 Å². The first-order valence-electron chi connectivity index (χ1n) is 5.61. The maximum Gasteiger partial charge on any atom is 0.0975 e. The monoisotopic (exact) mass is 184 g/mol. The zero-order valence-electron chi connectivity index (χ0n) is 9.22. The van der Waals surface area contributed by atoms with Gasteiger partial charge in [0.05, 0.1) is 12.4 Å². The summed E-state index contributed by atoms with van der Waals surface area (Å²) in [6.45, 7) is 8.00. The molecule has 0 radical (unpaired) electrons. The molecule has 0 spiro atoms. The van der Waals surface area contributed by atoms with E-state index in [9.17, 15) is 0 Å². The molecule has 0 bridgehead atoms.